The van der Waals surface area contributed by atoms with Gasteiger partial charge in [0.15, 0.2) is 5.78 Å². The number of carbonyl (C=O) groups excluding carboxylic acids is 2. The lowest BCUT2D eigenvalue weighted by Crippen LogP contribution is -2.15. The molecule has 0 amide bonds. The summed E-state index contributed by atoms with van der Waals surface area (Å²) in [4.78, 5) is 22.4. The molecule has 0 aromatic rings. The highest BCUT2D eigenvalue weighted by atomic mass is 127. The fourth-order valence-corrected chi connectivity index (χ4v) is 1.79. The Morgan fingerprint density at radius 3 is 2.08 bits per heavy atom. The van der Waals surface area contributed by atoms with E-state index in [0.29, 0.717) is 0 Å². The number of carbonyl (C=O) groups is 2. The van der Waals surface area contributed by atoms with Crippen LogP contribution in [0.3, 0.4) is 0 Å². The predicted molar refractivity (Wildman–Crippen MR) is 55.5 cm³/mol. The van der Waals surface area contributed by atoms with E-state index in [9.17, 15) is 9.59 Å². The van der Waals surface area contributed by atoms with E-state index in [-0.39, 0.29) is 25.0 Å². The number of Topliss-reactive ketones (excluding diaryl/α,β-unsaturated/α-hetero) is 2. The zero-order valence-electron chi connectivity index (χ0n) is 5.95. The molecule has 0 heterocycles. The largest absolute Gasteiger partial charge is 0.288 e. The van der Waals surface area contributed by atoms with Crippen molar-refractivity contribution in [3.05, 3.63) is 19.2 Å². The Hall–Kier alpha value is 0.130. The Bertz CT molecular complexity index is 279. The highest BCUT2D eigenvalue weighted by Gasteiger charge is 2.29. The zero-order chi connectivity index (χ0) is 9.46. The molecule has 0 unspecified atom stereocenters. The van der Waals surface area contributed by atoms with Gasteiger partial charge < -0.3 is 0 Å². The lowest BCUT2D eigenvalue weighted by molar-refractivity contribution is -0.115. The van der Waals surface area contributed by atoms with E-state index < -0.39 is 5.78 Å². The topological polar surface area (TPSA) is 34.1 Å². The summed E-state index contributed by atoms with van der Waals surface area (Å²) in [7, 11) is 0. The van der Waals surface area contributed by atoms with Crippen LogP contribution in [0, 0.1) is 0 Å². The zero-order valence-corrected chi connectivity index (χ0v) is 9.62. The van der Waals surface area contributed by atoms with Gasteiger partial charge in [-0.25, -0.2) is 0 Å². The first kappa shape index (κ1) is 10.2. The number of hydrogen-bond donors (Lipinski definition) is 0. The number of allylic oxidation sites excluding steroid dienone is 4. The van der Waals surface area contributed by atoms with Gasteiger partial charge in [-0.05, 0) is 29.5 Å². The van der Waals surface area contributed by atoms with Crippen molar-refractivity contribution in [2.24, 2.45) is 0 Å². The molecule has 0 aromatic heterocycles. The molecule has 0 fully saturated rings. The van der Waals surface area contributed by atoms with Gasteiger partial charge in [0, 0.05) is 5.57 Å². The first-order chi connectivity index (χ1) is 5.46. The minimum atomic E-state index is -0.472. The third kappa shape index (κ3) is 1.45. The van der Waals surface area contributed by atoms with Crippen LogP contribution in [0.1, 0.15) is 6.92 Å². The van der Waals surface area contributed by atoms with Crippen molar-refractivity contribution in [2.45, 2.75) is 6.92 Å². The van der Waals surface area contributed by atoms with Gasteiger partial charge >= 0.3 is 0 Å². The summed E-state index contributed by atoms with van der Waals surface area (Å²) in [6, 6.07) is 0. The molecular formula is C7H3Cl2IO2. The van der Waals surface area contributed by atoms with E-state index in [1.54, 1.807) is 22.6 Å². The molecule has 0 saturated heterocycles. The quantitative estimate of drug-likeness (QED) is 0.508. The molecule has 0 N–H and O–H groups in total. The standard InChI is InChI=1S/C7H3Cl2IO2/c1-2-3(8)7(12)4(9)5(10)6(2)11/h1H3. The highest BCUT2D eigenvalue weighted by Crippen LogP contribution is 2.31. The summed E-state index contributed by atoms with van der Waals surface area (Å²) in [6.45, 7) is 1.50. The summed E-state index contributed by atoms with van der Waals surface area (Å²) in [5.74, 6) is -0.745. The van der Waals surface area contributed by atoms with Gasteiger partial charge in [0.05, 0.1) is 8.61 Å². The molecule has 0 saturated carbocycles. The van der Waals surface area contributed by atoms with Crippen LogP contribution >= 0.6 is 45.8 Å². The van der Waals surface area contributed by atoms with E-state index in [2.05, 4.69) is 0 Å². The van der Waals surface area contributed by atoms with Crippen molar-refractivity contribution in [1.82, 2.24) is 0 Å². The van der Waals surface area contributed by atoms with Gasteiger partial charge in [-0.1, -0.05) is 23.2 Å². The number of hydrogen-bond acceptors (Lipinski definition) is 2. The van der Waals surface area contributed by atoms with Crippen LogP contribution in [0.15, 0.2) is 19.2 Å². The second kappa shape index (κ2) is 3.47. The maximum atomic E-state index is 11.2. The number of halogens is 3. The molecular weight excluding hydrogens is 314 g/mol. The lowest BCUT2D eigenvalue weighted by atomic mass is 10.1. The van der Waals surface area contributed by atoms with Crippen LogP contribution in [0.4, 0.5) is 0 Å². The maximum Gasteiger partial charge on any atom is 0.217 e. The summed E-state index contributed by atoms with van der Waals surface area (Å²) >= 11 is 12.8. The maximum absolute atomic E-state index is 11.2. The molecule has 0 atom stereocenters. The second-order valence-corrected chi connectivity index (χ2v) is 4.06. The molecule has 0 radical (unpaired) electrons. The molecule has 2 nitrogen and oxygen atoms in total. The van der Waals surface area contributed by atoms with Crippen LogP contribution in [0.5, 0.6) is 0 Å². The lowest BCUT2D eigenvalue weighted by Gasteiger charge is -2.10. The molecule has 0 aliphatic heterocycles. The molecule has 1 rings (SSSR count). The average molecular weight is 317 g/mol. The van der Waals surface area contributed by atoms with E-state index in [1.165, 1.54) is 6.92 Å². The van der Waals surface area contributed by atoms with Gasteiger partial charge in [-0.3, -0.25) is 9.59 Å². The SMILES string of the molecule is CC1=C(Cl)C(=O)C(Cl)=C(I)C1=O. The fourth-order valence-electron chi connectivity index (χ4n) is 0.730. The Morgan fingerprint density at radius 2 is 1.58 bits per heavy atom. The van der Waals surface area contributed by atoms with Crippen molar-refractivity contribution < 1.29 is 9.59 Å². The third-order valence-corrected chi connectivity index (χ3v) is 3.62. The van der Waals surface area contributed by atoms with Gasteiger partial charge in [-0.2, -0.15) is 0 Å². The van der Waals surface area contributed by atoms with Crippen molar-refractivity contribution in [1.29, 1.82) is 0 Å². The first-order valence-electron chi connectivity index (χ1n) is 2.98. The molecule has 5 heteroatoms. The van der Waals surface area contributed by atoms with Gasteiger partial charge in [0.25, 0.3) is 0 Å². The van der Waals surface area contributed by atoms with Crippen molar-refractivity contribution >= 4 is 57.4 Å². The minimum Gasteiger partial charge on any atom is -0.288 e. The second-order valence-electron chi connectivity index (χ2n) is 2.23. The van der Waals surface area contributed by atoms with Gasteiger partial charge in [0.2, 0.25) is 5.78 Å². The van der Waals surface area contributed by atoms with E-state index in [1.807, 2.05) is 0 Å². The normalized spacial score (nSPS) is 19.3. The van der Waals surface area contributed by atoms with E-state index in [4.69, 9.17) is 23.2 Å². The number of rotatable bonds is 0. The smallest absolute Gasteiger partial charge is 0.217 e. The summed E-state index contributed by atoms with van der Waals surface area (Å²) in [6.07, 6.45) is 0. The molecule has 0 aromatic carbocycles. The molecule has 12 heavy (non-hydrogen) atoms. The summed E-state index contributed by atoms with van der Waals surface area (Å²) < 4.78 is 0.237. The van der Waals surface area contributed by atoms with Crippen LogP contribution in [0.25, 0.3) is 0 Å². The van der Waals surface area contributed by atoms with Crippen molar-refractivity contribution in [3.8, 4) is 0 Å². The Morgan fingerprint density at radius 1 is 1.08 bits per heavy atom. The average Bonchev–Trinajstić information content (AvgIpc) is 2.08. The summed E-state index contributed by atoms with van der Waals surface area (Å²) in [5, 5.41) is -0.165. The van der Waals surface area contributed by atoms with Crippen LogP contribution in [-0.4, -0.2) is 11.6 Å². The van der Waals surface area contributed by atoms with Gasteiger partial charge in [0.1, 0.15) is 5.03 Å². The molecule has 1 aliphatic carbocycles. The van der Waals surface area contributed by atoms with E-state index in [0.717, 1.165) is 0 Å². The van der Waals surface area contributed by atoms with Crippen molar-refractivity contribution in [2.75, 3.05) is 0 Å². The molecule has 0 spiro atoms. The number of ketones is 2. The fraction of sp³-hybridized carbons (Fsp3) is 0.143. The molecule has 1 aliphatic rings. The third-order valence-electron chi connectivity index (χ3n) is 1.46. The van der Waals surface area contributed by atoms with E-state index >= 15 is 0 Å². The Balaban J connectivity index is 3.32. The van der Waals surface area contributed by atoms with Gasteiger partial charge in [-0.15, -0.1) is 0 Å². The minimum absolute atomic E-state index is 0.0783. The monoisotopic (exact) mass is 316 g/mol. The highest BCUT2D eigenvalue weighted by molar-refractivity contribution is 14.1. The Kier molecular flexibility index (Phi) is 2.96. The van der Waals surface area contributed by atoms with Crippen LogP contribution in [0.2, 0.25) is 0 Å². The Labute approximate surface area is 92.7 Å². The molecule has 0 bridgehead atoms. The van der Waals surface area contributed by atoms with Crippen LogP contribution in [-0.2, 0) is 9.59 Å². The molecule has 64 valence electrons. The van der Waals surface area contributed by atoms with Crippen molar-refractivity contribution in [3.63, 3.8) is 0 Å². The van der Waals surface area contributed by atoms with Crippen LogP contribution < -0.4 is 0 Å². The first-order valence-corrected chi connectivity index (χ1v) is 4.81. The summed E-state index contributed by atoms with van der Waals surface area (Å²) in [5.41, 5.74) is 0.260. The predicted octanol–water partition coefficient (Wildman–Crippen LogP) is 2.54.